The smallest absolute Gasteiger partial charge is 0 e. The van der Waals surface area contributed by atoms with Crippen LogP contribution in [0.4, 0.5) is 0 Å². The molecule has 0 aliphatic rings. The van der Waals surface area contributed by atoms with Crippen LogP contribution in [0.2, 0.25) is 0 Å². The third-order valence-corrected chi connectivity index (χ3v) is 0. The zero-order chi connectivity index (χ0) is 0. The fraction of sp³-hybridized carbons (Fsp3) is 0. The second kappa shape index (κ2) is -0.250. The van der Waals surface area contributed by atoms with Crippen molar-refractivity contribution in [2.24, 2.45) is 0 Å². The van der Waals surface area contributed by atoms with Crippen LogP contribution >= 0.6 is 0 Å². The van der Waals surface area contributed by atoms with Gasteiger partial charge in [0.2, 0.25) is 0 Å². The second-order valence-corrected chi connectivity index (χ2v) is 0. The van der Waals surface area contributed by atoms with Gasteiger partial charge in [-0.2, -0.15) is 0 Å². The molecule has 0 aromatic heterocycles. The number of hydrogen-bond donors (Lipinski definition) is 0. The molecule has 0 nitrogen and oxygen atoms in total. The molecule has 0 rings (SSSR count). The maximum atomic E-state index is 0. The molecule has 0 aromatic rings. The number of rotatable bonds is 0. The van der Waals surface area contributed by atoms with Gasteiger partial charge < -0.3 is 0 Å². The zero-order valence-corrected chi connectivity index (χ0v) is 9.97. The summed E-state index contributed by atoms with van der Waals surface area (Å²) >= 11 is 0. The molecule has 0 unspecified atom stereocenters. The van der Waals surface area contributed by atoms with Crippen molar-refractivity contribution >= 4 is 0 Å². The van der Waals surface area contributed by atoms with E-state index in [4.69, 9.17) is 0 Å². The van der Waals surface area contributed by atoms with Gasteiger partial charge in [-0.3, -0.25) is 0 Å². The van der Waals surface area contributed by atoms with Crippen LogP contribution in [-0.2, 0) is 0 Å². The van der Waals surface area contributed by atoms with Crippen LogP contribution in [0.3, 0.4) is 0 Å². The van der Waals surface area contributed by atoms with Gasteiger partial charge in [-0.25, -0.2) is 0 Å². The molecule has 0 spiro atoms. The Morgan fingerprint density at radius 1 is 0.250 bits per heavy atom. The first kappa shape index (κ1) is 0. The van der Waals surface area contributed by atoms with Gasteiger partial charge in [-0.05, 0) is 0 Å². The minimum atomic E-state index is 0. The van der Waals surface area contributed by atoms with Crippen molar-refractivity contribution in [3.63, 3.8) is 0 Å². The minimum Gasteiger partial charge on any atom is 0 e. The average molecular weight is 1040 g/mol. The van der Waals surface area contributed by atoms with Crippen LogP contribution in [0.25, 0.3) is 0 Å². The Labute approximate surface area is 0 Å². The molecule has 0 saturated heterocycles. The molecule has 0 fully saturated rings. The fourth-order valence-corrected chi connectivity index (χ4v) is 0. The maximum absolute atomic E-state index is 0. The SMILES string of the molecule is [No].[No].[No].[No]. The van der Waals surface area contributed by atoms with Gasteiger partial charge in [0.1, 0.15) is 0 Å². The summed E-state index contributed by atoms with van der Waals surface area (Å²) in [6, 6.07) is 0. The topological polar surface area (TPSA) is 0 Å². The summed E-state index contributed by atoms with van der Waals surface area (Å²) in [6.45, 7) is 0. The zero-order valence-electron chi connectivity index (χ0n) is 1.07. The Bertz CT molecular complexity index is 0. The van der Waals surface area contributed by atoms with Crippen LogP contribution in [-0.4, -0.2) is 0 Å². The van der Waals surface area contributed by atoms with Gasteiger partial charge in [0.05, 0.1) is 0 Å². The van der Waals surface area contributed by atoms with E-state index in [0.717, 1.165) is 0 Å². The van der Waals surface area contributed by atoms with Crippen molar-refractivity contribution < 1.29 is 0 Å². The maximum Gasteiger partial charge on any atom is 0 e. The van der Waals surface area contributed by atoms with E-state index in [-0.39, 0.29) is 0 Å². The molecular formula is No4. The van der Waals surface area contributed by atoms with Crippen molar-refractivity contribution in [2.75, 3.05) is 0 Å². The molecule has 4 heteroatoms. The van der Waals surface area contributed by atoms with Gasteiger partial charge >= 0.3 is 0 Å². The number of hydrogen-bond acceptors (Lipinski definition) is 0. The Morgan fingerprint density at radius 2 is 0.250 bits per heavy atom. The van der Waals surface area contributed by atoms with E-state index < -0.39 is 0 Å². The van der Waals surface area contributed by atoms with Gasteiger partial charge in [0.15, 0.2) is 0 Å². The van der Waals surface area contributed by atoms with Gasteiger partial charge in [0.25, 0.3) is 0 Å². The first-order chi connectivity index (χ1) is 0. The third-order valence-electron chi connectivity index (χ3n) is 0. The molecular weight excluding hydrogens is 1040 g/mol. The van der Waals surface area contributed by atoms with E-state index in [1.54, 1.807) is 0 Å². The van der Waals surface area contributed by atoms with E-state index in [9.17, 15) is 0 Å². The van der Waals surface area contributed by atoms with Crippen molar-refractivity contribution in [1.82, 2.24) is 0 Å². The molecule has 0 N–H and O–H groups in total. The molecule has 56 valence electrons. The predicted molar refractivity (Wildman–Crippen MR) is 0 cm³/mol. The monoisotopic (exact) mass is 1040 g/mol. The van der Waals surface area contributed by atoms with Crippen molar-refractivity contribution in [3.05, 3.63) is 0 Å². The summed E-state index contributed by atoms with van der Waals surface area (Å²) in [6.07, 6.45) is 0. The average Bonchev–Trinajstić information content (AvgIpc) is 0. The molecule has 0 amide bonds. The standard InChI is InChI=1S/4No. The Hall–Kier alpha value is -4.00. The van der Waals surface area contributed by atoms with E-state index >= 15 is 0 Å². The van der Waals surface area contributed by atoms with Crippen molar-refractivity contribution in [1.29, 1.82) is 0 Å². The molecule has 0 aliphatic heterocycles. The van der Waals surface area contributed by atoms with E-state index in [1.165, 1.54) is 0 Å². The second-order valence-electron chi connectivity index (χ2n) is 0. The minimum absolute atomic E-state index is 0. The van der Waals surface area contributed by atoms with E-state index in [1.807, 2.05) is 0 Å². The summed E-state index contributed by atoms with van der Waals surface area (Å²) in [5.41, 5.74) is 0. The molecule has 0 radical (unpaired) electrons. The molecule has 0 aliphatic carbocycles. The van der Waals surface area contributed by atoms with Crippen LogP contribution in [0.5, 0.6) is 0 Å². The quantitative estimate of drug-likeness (QED) is 0.321. The molecule has 0 heterocycles. The Balaban J connectivity index is 0. The van der Waals surface area contributed by atoms with Crippen LogP contribution < -0.4 is 0 Å². The first-order valence-electron chi connectivity index (χ1n) is 0. The van der Waals surface area contributed by atoms with Gasteiger partial charge in [0, 0.05) is 0 Å². The van der Waals surface area contributed by atoms with Crippen LogP contribution in [0.1, 0.15) is 0 Å². The van der Waals surface area contributed by atoms with Crippen molar-refractivity contribution in [2.45, 2.75) is 0 Å². The van der Waals surface area contributed by atoms with Crippen LogP contribution in [0, 0.1) is 0 Å². The molecule has 4 heavy (non-hydrogen) atoms. The third kappa shape index (κ3) is -1.12. The van der Waals surface area contributed by atoms with Crippen LogP contribution in [0.15, 0.2) is 0 Å². The van der Waals surface area contributed by atoms with E-state index in [2.05, 4.69) is 0 Å². The molecule has 0 bridgehead atoms. The summed E-state index contributed by atoms with van der Waals surface area (Å²) in [5.74, 6) is 0. The van der Waals surface area contributed by atoms with E-state index in [0.29, 0.717) is 0 Å². The predicted octanol–water partition coefficient (Wildman–Crippen LogP) is 0. The fourth-order valence-electron chi connectivity index (χ4n) is 0. The summed E-state index contributed by atoms with van der Waals surface area (Å²) in [4.78, 5) is 0. The molecule has 0 aromatic carbocycles. The van der Waals surface area contributed by atoms with Gasteiger partial charge in [-0.15, -0.1) is 0 Å². The Kier molecular flexibility index (Phi) is 0. The largest absolute Gasteiger partial charge is 0 e. The summed E-state index contributed by atoms with van der Waals surface area (Å²) in [7, 11) is 0. The summed E-state index contributed by atoms with van der Waals surface area (Å²) < 4.78 is 0. The molecule has 0 atom stereocenters. The summed E-state index contributed by atoms with van der Waals surface area (Å²) in [5, 5.41) is 0. The first-order valence-corrected chi connectivity index (χ1v) is 0. The molecule has 0 saturated carbocycles. The normalized spacial score (nSPS) is 0. The van der Waals surface area contributed by atoms with Gasteiger partial charge in [-0.1, -0.05) is 0 Å². The van der Waals surface area contributed by atoms with Crippen molar-refractivity contribution in [3.8, 4) is 0 Å². The Morgan fingerprint density at radius 3 is 0.250 bits per heavy atom.